The monoisotopic (exact) mass is 166 g/mol. The van der Waals surface area contributed by atoms with Crippen LogP contribution in [-0.4, -0.2) is 9.38 Å². The molecule has 2 rings (SSSR count). The minimum Gasteiger partial charge on any atom is -0.319 e. The topological polar surface area (TPSA) is 17.3 Å². The number of hydrogen-bond acceptors (Lipinski definition) is 1. The minimum atomic E-state index is 0.760. The molecular formula is C8H7ClN2. The molecule has 2 aromatic rings. The van der Waals surface area contributed by atoms with E-state index in [0.29, 0.717) is 0 Å². The van der Waals surface area contributed by atoms with Crippen molar-refractivity contribution < 1.29 is 0 Å². The Labute approximate surface area is 69.4 Å². The third-order valence-electron chi connectivity index (χ3n) is 1.70. The van der Waals surface area contributed by atoms with Gasteiger partial charge in [-0.3, -0.25) is 4.98 Å². The van der Waals surface area contributed by atoms with Crippen molar-refractivity contribution in [1.82, 2.24) is 9.38 Å². The third kappa shape index (κ3) is 0.906. The molecule has 0 unspecified atom stereocenters. The average Bonchev–Trinajstić information content (AvgIpc) is 2.34. The highest BCUT2D eigenvalue weighted by atomic mass is 35.5. The Morgan fingerprint density at radius 3 is 3.00 bits per heavy atom. The number of hydrogen-bond donors (Lipinski definition) is 0. The fourth-order valence-corrected chi connectivity index (χ4v) is 1.48. The lowest BCUT2D eigenvalue weighted by Crippen LogP contribution is -1.87. The highest BCUT2D eigenvalue weighted by Gasteiger charge is 2.01. The van der Waals surface area contributed by atoms with Crippen molar-refractivity contribution in [3.63, 3.8) is 0 Å². The van der Waals surface area contributed by atoms with Crippen molar-refractivity contribution in [2.75, 3.05) is 0 Å². The van der Waals surface area contributed by atoms with Gasteiger partial charge in [0, 0.05) is 18.6 Å². The first-order valence-electron chi connectivity index (χ1n) is 3.37. The van der Waals surface area contributed by atoms with Gasteiger partial charge in [-0.15, -0.1) is 0 Å². The predicted octanol–water partition coefficient (Wildman–Crippen LogP) is 2.30. The number of halogens is 1. The van der Waals surface area contributed by atoms with Gasteiger partial charge in [-0.05, 0) is 13.0 Å². The van der Waals surface area contributed by atoms with Crippen molar-refractivity contribution in [3.05, 3.63) is 35.4 Å². The highest BCUT2D eigenvalue weighted by molar-refractivity contribution is 6.34. The van der Waals surface area contributed by atoms with Crippen LogP contribution in [0.1, 0.15) is 5.69 Å². The molecule has 0 aliphatic heterocycles. The third-order valence-corrected chi connectivity index (χ3v) is 2.01. The second-order valence-corrected chi connectivity index (χ2v) is 2.84. The van der Waals surface area contributed by atoms with Crippen molar-refractivity contribution in [2.24, 2.45) is 0 Å². The van der Waals surface area contributed by atoms with Gasteiger partial charge in [0.1, 0.15) is 0 Å². The molecule has 3 heteroatoms. The molecule has 0 bridgehead atoms. The van der Waals surface area contributed by atoms with E-state index < -0.39 is 0 Å². The summed E-state index contributed by atoms with van der Waals surface area (Å²) in [5.74, 6) is 0. The van der Waals surface area contributed by atoms with E-state index in [-0.39, 0.29) is 0 Å². The molecule has 0 saturated carbocycles. The second-order valence-electron chi connectivity index (χ2n) is 2.43. The van der Waals surface area contributed by atoms with E-state index in [9.17, 15) is 0 Å². The van der Waals surface area contributed by atoms with E-state index in [4.69, 9.17) is 11.6 Å². The number of fused-ring (bicyclic) bond motifs is 1. The zero-order valence-corrected chi connectivity index (χ0v) is 6.84. The van der Waals surface area contributed by atoms with Gasteiger partial charge in [0.2, 0.25) is 0 Å². The Balaban J connectivity index is 2.96. The Morgan fingerprint density at radius 2 is 2.27 bits per heavy atom. The van der Waals surface area contributed by atoms with Gasteiger partial charge in [-0.1, -0.05) is 11.6 Å². The van der Waals surface area contributed by atoms with Crippen molar-refractivity contribution in [1.29, 1.82) is 0 Å². The van der Waals surface area contributed by atoms with Gasteiger partial charge < -0.3 is 4.40 Å². The lowest BCUT2D eigenvalue weighted by atomic mass is 10.4. The summed E-state index contributed by atoms with van der Waals surface area (Å²) >= 11 is 5.92. The molecule has 0 amide bonds. The van der Waals surface area contributed by atoms with E-state index in [0.717, 1.165) is 16.2 Å². The summed E-state index contributed by atoms with van der Waals surface area (Å²) in [6, 6.07) is 1.87. The van der Waals surface area contributed by atoms with Crippen molar-refractivity contribution in [3.8, 4) is 0 Å². The second kappa shape index (κ2) is 2.24. The maximum absolute atomic E-state index is 5.92. The van der Waals surface area contributed by atoms with Crippen LogP contribution in [0.15, 0.2) is 24.7 Å². The molecule has 0 atom stereocenters. The molecule has 0 radical (unpaired) electrons. The van der Waals surface area contributed by atoms with Crippen LogP contribution in [-0.2, 0) is 0 Å². The summed E-state index contributed by atoms with van der Waals surface area (Å²) in [6.07, 6.45) is 5.57. The Morgan fingerprint density at radius 1 is 1.45 bits per heavy atom. The van der Waals surface area contributed by atoms with Crippen molar-refractivity contribution >= 4 is 17.1 Å². The number of rotatable bonds is 0. The number of aromatic nitrogens is 2. The minimum absolute atomic E-state index is 0.760. The van der Waals surface area contributed by atoms with Crippen LogP contribution in [0.2, 0.25) is 5.02 Å². The molecule has 0 aromatic carbocycles. The van der Waals surface area contributed by atoms with Crippen LogP contribution in [0.25, 0.3) is 5.52 Å². The lowest BCUT2D eigenvalue weighted by molar-refractivity contribution is 1.09. The van der Waals surface area contributed by atoms with Gasteiger partial charge >= 0.3 is 0 Å². The SMILES string of the molecule is Cc1nccn2ccc(Cl)c12. The molecule has 0 N–H and O–H groups in total. The zero-order valence-electron chi connectivity index (χ0n) is 6.08. The van der Waals surface area contributed by atoms with Crippen LogP contribution < -0.4 is 0 Å². The molecule has 0 saturated heterocycles. The molecular weight excluding hydrogens is 160 g/mol. The lowest BCUT2D eigenvalue weighted by Gasteiger charge is -1.96. The largest absolute Gasteiger partial charge is 0.319 e. The normalized spacial score (nSPS) is 10.7. The first-order valence-corrected chi connectivity index (χ1v) is 3.74. The first-order chi connectivity index (χ1) is 5.29. The number of nitrogens with zero attached hydrogens (tertiary/aromatic N) is 2. The fourth-order valence-electron chi connectivity index (χ4n) is 1.18. The summed E-state index contributed by atoms with van der Waals surface area (Å²) in [4.78, 5) is 4.14. The smallest absolute Gasteiger partial charge is 0.0853 e. The predicted molar refractivity (Wildman–Crippen MR) is 44.9 cm³/mol. The summed E-state index contributed by atoms with van der Waals surface area (Å²) in [7, 11) is 0. The average molecular weight is 167 g/mol. The highest BCUT2D eigenvalue weighted by Crippen LogP contribution is 2.19. The summed E-state index contributed by atoms with van der Waals surface area (Å²) in [5.41, 5.74) is 1.96. The van der Waals surface area contributed by atoms with Crippen LogP contribution >= 0.6 is 11.6 Å². The maximum atomic E-state index is 5.92. The molecule has 0 spiro atoms. The Kier molecular flexibility index (Phi) is 1.36. The molecule has 2 aromatic heterocycles. The van der Waals surface area contributed by atoms with E-state index in [2.05, 4.69) is 4.98 Å². The standard InChI is InChI=1S/C8H7ClN2/c1-6-8-7(9)2-4-11(8)5-3-10-6/h2-5H,1H3. The number of aryl methyl sites for hydroxylation is 1. The van der Waals surface area contributed by atoms with Crippen LogP contribution in [0.4, 0.5) is 0 Å². The Hall–Kier alpha value is -1.02. The zero-order chi connectivity index (χ0) is 7.84. The van der Waals surface area contributed by atoms with E-state index in [1.165, 1.54) is 0 Å². The fraction of sp³-hybridized carbons (Fsp3) is 0.125. The summed E-state index contributed by atoms with van der Waals surface area (Å²) in [6.45, 7) is 1.95. The molecule has 0 aliphatic rings. The molecule has 0 aliphatic carbocycles. The van der Waals surface area contributed by atoms with Crippen LogP contribution in [0.3, 0.4) is 0 Å². The molecule has 11 heavy (non-hydrogen) atoms. The van der Waals surface area contributed by atoms with Crippen molar-refractivity contribution in [2.45, 2.75) is 6.92 Å². The summed E-state index contributed by atoms with van der Waals surface area (Å²) in [5, 5.41) is 0.760. The Bertz CT molecular complexity index is 392. The van der Waals surface area contributed by atoms with Crippen LogP contribution in [0.5, 0.6) is 0 Å². The molecule has 2 nitrogen and oxygen atoms in total. The van der Waals surface area contributed by atoms with E-state index in [1.54, 1.807) is 6.20 Å². The molecule has 0 fully saturated rings. The van der Waals surface area contributed by atoms with E-state index >= 15 is 0 Å². The van der Waals surface area contributed by atoms with Gasteiger partial charge in [0.25, 0.3) is 0 Å². The van der Waals surface area contributed by atoms with Gasteiger partial charge in [-0.25, -0.2) is 0 Å². The van der Waals surface area contributed by atoms with Gasteiger partial charge in [-0.2, -0.15) is 0 Å². The summed E-state index contributed by atoms with van der Waals surface area (Å²) < 4.78 is 1.96. The quantitative estimate of drug-likeness (QED) is 0.587. The first kappa shape index (κ1) is 6.68. The van der Waals surface area contributed by atoms with E-state index in [1.807, 2.05) is 29.8 Å². The van der Waals surface area contributed by atoms with Gasteiger partial charge in [0.05, 0.1) is 16.2 Å². The van der Waals surface area contributed by atoms with Crippen LogP contribution in [0, 0.1) is 6.92 Å². The molecule has 56 valence electrons. The van der Waals surface area contributed by atoms with Gasteiger partial charge in [0.15, 0.2) is 0 Å². The molecule has 2 heterocycles. The maximum Gasteiger partial charge on any atom is 0.0853 e.